The molecule has 0 spiro atoms. The average Bonchev–Trinajstić information content (AvgIpc) is 3.08. The summed E-state index contributed by atoms with van der Waals surface area (Å²) in [5.74, 6) is 0. The van der Waals surface area contributed by atoms with E-state index >= 15 is 0 Å². The van der Waals surface area contributed by atoms with Crippen molar-refractivity contribution in [1.82, 2.24) is 19.9 Å². The molecule has 0 saturated carbocycles. The molecule has 0 amide bonds. The molecule has 4 rings (SSSR count). The van der Waals surface area contributed by atoms with Gasteiger partial charge < -0.3 is 14.9 Å². The largest absolute Gasteiger partial charge is 0.346 e. The molecule has 3 aromatic heterocycles. The number of nitrogens with one attached hydrogen (secondary N) is 2. The van der Waals surface area contributed by atoms with Gasteiger partial charge >= 0.3 is 0 Å². The molecule has 2 N–H and O–H groups in total. The summed E-state index contributed by atoms with van der Waals surface area (Å²) in [6.07, 6.45) is 7.31. The minimum Gasteiger partial charge on any atom is -0.346 e. The molecular weight excluding hydrogens is 212 g/mol. The number of aromatic amines is 1. The number of fused-ring (bicyclic) bond motifs is 3. The Morgan fingerprint density at radius 3 is 3.24 bits per heavy atom. The Morgan fingerprint density at radius 2 is 2.35 bits per heavy atom. The van der Waals surface area contributed by atoms with Gasteiger partial charge in [0.15, 0.2) is 0 Å². The fourth-order valence-electron chi connectivity index (χ4n) is 2.84. The number of hydrogen-bond acceptors (Lipinski definition) is 2. The molecule has 1 aliphatic rings. The molecule has 86 valence electrons. The van der Waals surface area contributed by atoms with Crippen LogP contribution in [0, 0.1) is 0 Å². The number of aromatic nitrogens is 3. The maximum absolute atomic E-state index is 4.42. The van der Waals surface area contributed by atoms with E-state index in [1.165, 1.54) is 22.7 Å². The first-order valence-corrected chi connectivity index (χ1v) is 6.07. The molecule has 3 aromatic rings. The third kappa shape index (κ3) is 1.24. The van der Waals surface area contributed by atoms with E-state index in [-0.39, 0.29) is 0 Å². The number of rotatable bonds is 1. The van der Waals surface area contributed by atoms with Crippen LogP contribution in [0.15, 0.2) is 30.7 Å². The Kier molecular flexibility index (Phi) is 1.82. The number of H-pyrrole nitrogens is 1. The molecule has 0 aromatic carbocycles. The molecule has 1 fully saturated rings. The van der Waals surface area contributed by atoms with Crippen LogP contribution in [0.25, 0.3) is 21.9 Å². The molecule has 4 nitrogen and oxygen atoms in total. The van der Waals surface area contributed by atoms with Gasteiger partial charge in [0, 0.05) is 41.9 Å². The second-order valence-electron chi connectivity index (χ2n) is 4.67. The zero-order valence-corrected chi connectivity index (χ0v) is 9.48. The van der Waals surface area contributed by atoms with Gasteiger partial charge in [-0.3, -0.25) is 0 Å². The molecule has 4 heteroatoms. The Morgan fingerprint density at radius 1 is 1.35 bits per heavy atom. The van der Waals surface area contributed by atoms with Gasteiger partial charge in [0.2, 0.25) is 0 Å². The molecule has 4 heterocycles. The minimum atomic E-state index is 0.577. The second kappa shape index (κ2) is 3.34. The van der Waals surface area contributed by atoms with Gasteiger partial charge in [0.1, 0.15) is 5.65 Å². The molecule has 0 radical (unpaired) electrons. The standard InChI is InChI=1S/C13H14N4/c1-4-14-8-10(1)17-6-3-9-7-16-13-11(12(9)17)2-5-15-13/h2-3,5-7,10,14H,1,4,8H2,(H,15,16). The van der Waals surface area contributed by atoms with Crippen LogP contribution >= 0.6 is 0 Å². The van der Waals surface area contributed by atoms with E-state index in [1.807, 2.05) is 12.4 Å². The molecule has 0 bridgehead atoms. The summed E-state index contributed by atoms with van der Waals surface area (Å²) in [7, 11) is 0. The maximum Gasteiger partial charge on any atom is 0.139 e. The van der Waals surface area contributed by atoms with Gasteiger partial charge in [-0.05, 0) is 25.1 Å². The van der Waals surface area contributed by atoms with Crippen molar-refractivity contribution in [2.75, 3.05) is 13.1 Å². The van der Waals surface area contributed by atoms with E-state index in [9.17, 15) is 0 Å². The maximum atomic E-state index is 4.42. The summed E-state index contributed by atoms with van der Waals surface area (Å²) in [6.45, 7) is 2.18. The summed E-state index contributed by atoms with van der Waals surface area (Å²) in [5, 5.41) is 5.87. The van der Waals surface area contributed by atoms with Crippen molar-refractivity contribution in [3.63, 3.8) is 0 Å². The molecule has 17 heavy (non-hydrogen) atoms. The lowest BCUT2D eigenvalue weighted by molar-refractivity contribution is 0.566. The lowest BCUT2D eigenvalue weighted by Gasteiger charge is -2.13. The van der Waals surface area contributed by atoms with Gasteiger partial charge in [0.25, 0.3) is 0 Å². The van der Waals surface area contributed by atoms with E-state index < -0.39 is 0 Å². The normalized spacial score (nSPS) is 20.6. The van der Waals surface area contributed by atoms with Crippen molar-refractivity contribution >= 4 is 21.9 Å². The van der Waals surface area contributed by atoms with Crippen molar-refractivity contribution in [3.8, 4) is 0 Å². The smallest absolute Gasteiger partial charge is 0.139 e. The van der Waals surface area contributed by atoms with Crippen LogP contribution in [0.3, 0.4) is 0 Å². The van der Waals surface area contributed by atoms with Crippen molar-refractivity contribution in [2.24, 2.45) is 0 Å². The molecular formula is C13H14N4. The van der Waals surface area contributed by atoms with Crippen LogP contribution in [0.2, 0.25) is 0 Å². The Hall–Kier alpha value is -1.81. The van der Waals surface area contributed by atoms with Crippen LogP contribution in [0.5, 0.6) is 0 Å². The van der Waals surface area contributed by atoms with Crippen LogP contribution in [-0.2, 0) is 0 Å². The predicted molar refractivity (Wildman–Crippen MR) is 68.1 cm³/mol. The molecule has 1 saturated heterocycles. The highest BCUT2D eigenvalue weighted by Crippen LogP contribution is 2.28. The summed E-state index contributed by atoms with van der Waals surface area (Å²) in [5.41, 5.74) is 2.29. The summed E-state index contributed by atoms with van der Waals surface area (Å²) >= 11 is 0. The van der Waals surface area contributed by atoms with Crippen LogP contribution in [0.1, 0.15) is 12.5 Å². The predicted octanol–water partition coefficient (Wildman–Crippen LogP) is 2.05. The van der Waals surface area contributed by atoms with Crippen molar-refractivity contribution < 1.29 is 0 Å². The van der Waals surface area contributed by atoms with Gasteiger partial charge in [-0.15, -0.1) is 0 Å². The van der Waals surface area contributed by atoms with E-state index in [4.69, 9.17) is 0 Å². The minimum absolute atomic E-state index is 0.577. The molecule has 1 aliphatic heterocycles. The monoisotopic (exact) mass is 226 g/mol. The number of pyridine rings is 1. The molecule has 1 atom stereocenters. The topological polar surface area (TPSA) is 45.6 Å². The third-order valence-electron chi connectivity index (χ3n) is 3.69. The van der Waals surface area contributed by atoms with E-state index in [1.54, 1.807) is 0 Å². The number of nitrogens with zero attached hydrogens (tertiary/aromatic N) is 2. The average molecular weight is 226 g/mol. The highest BCUT2D eigenvalue weighted by molar-refractivity contribution is 6.02. The third-order valence-corrected chi connectivity index (χ3v) is 3.69. The van der Waals surface area contributed by atoms with Crippen LogP contribution < -0.4 is 5.32 Å². The Labute approximate surface area is 98.6 Å². The fraction of sp³-hybridized carbons (Fsp3) is 0.308. The first-order chi connectivity index (χ1) is 8.43. The zero-order chi connectivity index (χ0) is 11.2. The summed E-state index contributed by atoms with van der Waals surface area (Å²) in [4.78, 5) is 7.60. The number of hydrogen-bond donors (Lipinski definition) is 2. The van der Waals surface area contributed by atoms with Crippen molar-refractivity contribution in [1.29, 1.82) is 0 Å². The fourth-order valence-corrected chi connectivity index (χ4v) is 2.84. The highest BCUT2D eigenvalue weighted by atomic mass is 15.1. The summed E-state index contributed by atoms with van der Waals surface area (Å²) in [6, 6.07) is 4.85. The summed E-state index contributed by atoms with van der Waals surface area (Å²) < 4.78 is 2.40. The second-order valence-corrected chi connectivity index (χ2v) is 4.67. The zero-order valence-electron chi connectivity index (χ0n) is 9.48. The van der Waals surface area contributed by atoms with Crippen LogP contribution in [0.4, 0.5) is 0 Å². The van der Waals surface area contributed by atoms with E-state index in [0.717, 1.165) is 18.7 Å². The van der Waals surface area contributed by atoms with Gasteiger partial charge in [0.05, 0.1) is 5.52 Å². The lowest BCUT2D eigenvalue weighted by atomic mass is 10.2. The lowest BCUT2D eigenvalue weighted by Crippen LogP contribution is -2.12. The van der Waals surface area contributed by atoms with Crippen molar-refractivity contribution in [3.05, 3.63) is 30.7 Å². The quantitative estimate of drug-likeness (QED) is 0.667. The van der Waals surface area contributed by atoms with Gasteiger partial charge in [-0.25, -0.2) is 4.98 Å². The Bertz CT molecular complexity index is 673. The first-order valence-electron chi connectivity index (χ1n) is 6.07. The Balaban J connectivity index is 2.05. The SMILES string of the molecule is c1cc2c(ncc3ccn(C4CCNC4)c32)[nH]1. The molecule has 1 unspecified atom stereocenters. The first kappa shape index (κ1) is 9.24. The van der Waals surface area contributed by atoms with Gasteiger partial charge in [-0.1, -0.05) is 0 Å². The van der Waals surface area contributed by atoms with Crippen molar-refractivity contribution in [2.45, 2.75) is 12.5 Å². The van der Waals surface area contributed by atoms with Crippen LogP contribution in [-0.4, -0.2) is 27.6 Å². The molecule has 0 aliphatic carbocycles. The van der Waals surface area contributed by atoms with E-state index in [2.05, 4.69) is 38.2 Å². The van der Waals surface area contributed by atoms with Gasteiger partial charge in [-0.2, -0.15) is 0 Å². The van der Waals surface area contributed by atoms with E-state index in [0.29, 0.717) is 6.04 Å². The highest BCUT2D eigenvalue weighted by Gasteiger charge is 2.18.